The molecule has 0 radical (unpaired) electrons. The summed E-state index contributed by atoms with van der Waals surface area (Å²) < 4.78 is 0. The summed E-state index contributed by atoms with van der Waals surface area (Å²) in [6.07, 6.45) is 9.41. The Balaban J connectivity index is 0.657. The van der Waals surface area contributed by atoms with E-state index >= 15 is 0 Å². The summed E-state index contributed by atoms with van der Waals surface area (Å²) in [5.74, 6) is 0. The van der Waals surface area contributed by atoms with Crippen LogP contribution >= 0.6 is 0 Å². The normalized spacial score (nSPS) is 19.2. The Hall–Kier alpha value is -14.1. The molecule has 6 heterocycles. The summed E-state index contributed by atoms with van der Waals surface area (Å²) in [5.41, 5.74) is 30.8. The zero-order valence-electron chi connectivity index (χ0n) is 79.3. The summed E-state index contributed by atoms with van der Waals surface area (Å²) in [6.45, 7) is 43.6. The molecule has 632 valence electrons. The Kier molecular flexibility index (Phi) is 9.10. The van der Waals surface area contributed by atoms with Gasteiger partial charge in [0.1, 0.15) is 0 Å². The fourth-order valence-corrected chi connectivity index (χ4v) is 35.8. The predicted molar refractivity (Wildman–Crippen MR) is 582 cm³/mol. The Morgan fingerprint density at radius 1 is 0.235 bits per heavy atom. The quantitative estimate of drug-likeness (QED) is 0.169. The largest absolute Gasteiger partial charge is 0.354 e. The van der Waals surface area contributed by atoms with Gasteiger partial charge in [0.2, 0.25) is 0 Å². The molecule has 3 aliphatic heterocycles. The van der Waals surface area contributed by atoms with Crippen molar-refractivity contribution < 1.29 is 0 Å². The molecule has 1 fully saturated rings. The van der Waals surface area contributed by atoms with E-state index in [0.29, 0.717) is 0 Å². The topological polar surface area (TPSA) is 60.6 Å². The summed E-state index contributed by atoms with van der Waals surface area (Å²) >= 11 is 0. The molecule has 7 aliphatic rings. The van der Waals surface area contributed by atoms with Crippen molar-refractivity contribution in [2.75, 3.05) is 13.6 Å². The van der Waals surface area contributed by atoms with Gasteiger partial charge in [-0.2, -0.15) is 0 Å². The van der Waals surface area contributed by atoms with Gasteiger partial charge < -0.3 is 9.97 Å². The van der Waals surface area contributed by atoms with Crippen LogP contribution in [0.1, 0.15) is 215 Å². The van der Waals surface area contributed by atoms with E-state index in [2.05, 4.69) is 274 Å². The Morgan fingerprint density at radius 2 is 0.434 bits per heavy atom. The van der Waals surface area contributed by atoms with Gasteiger partial charge in [0.05, 0.1) is 33.6 Å². The van der Waals surface area contributed by atoms with Crippen LogP contribution in [-0.2, 0) is 43.3 Å². The first-order valence-electron chi connectivity index (χ1n) is 50.5. The van der Waals surface area contributed by atoms with Crippen LogP contribution in [0.15, 0.2) is 103 Å². The third-order valence-corrected chi connectivity index (χ3v) is 40.0. The minimum absolute atomic E-state index is 0.103. The van der Waals surface area contributed by atoms with Crippen molar-refractivity contribution in [2.45, 2.75) is 174 Å². The number of rotatable bonds is 5. The van der Waals surface area contributed by atoms with Crippen molar-refractivity contribution in [1.29, 1.82) is 0 Å². The molecule has 1 unspecified atom stereocenters. The SMILES string of the molecule is CN1CC23c4c5c6c7c8c9c(c%10c%11c2c2c4c4c%12c5c5c6c6c8c8c%13c9c9c%10c%10c%11c%11c2c2c4c4c%12c%12c5c5c6c8c6c8c%13c9c9c%10c%10c%11c2c2c4c4c%12c5c6c5c8c9c%10c2c45)C73C1c1cccc(-c2c3nc(c(-c4cc(C(C)(C)C)cc(C(C)(C)C)c4)c4ccc([nH]4)c(-c4cc(C(C)(C)C)cc(C(C)(C)C)c4)c4nc(c(-c5cc(C(C)(C)C)cc(C(C)(C)C)c5)c5ccc2[nH]5)C=C4)C=C3)c1. The van der Waals surface area contributed by atoms with E-state index in [-0.39, 0.29) is 38.5 Å². The zero-order chi connectivity index (χ0) is 89.3. The van der Waals surface area contributed by atoms with Gasteiger partial charge in [-0.15, -0.1) is 0 Å². The molecule has 5 nitrogen and oxygen atoms in total. The molecule has 1 saturated heterocycles. The summed E-state index contributed by atoms with van der Waals surface area (Å²) in [4.78, 5) is 24.2. The zero-order valence-corrected chi connectivity index (χ0v) is 79.3. The monoisotopic (exact) mass is 1730 g/mol. The second-order valence-electron chi connectivity index (χ2n) is 51.8. The average Bonchev–Trinajstić information content (AvgIpc) is 1.38. The van der Waals surface area contributed by atoms with Gasteiger partial charge in [0.25, 0.3) is 0 Å². The van der Waals surface area contributed by atoms with Crippen molar-refractivity contribution in [2.24, 2.45) is 0 Å². The molecule has 136 heavy (non-hydrogen) atoms. The smallest absolute Gasteiger partial charge is 0.0737 e. The van der Waals surface area contributed by atoms with E-state index in [1.807, 2.05) is 0 Å². The van der Waals surface area contributed by atoms with Crippen LogP contribution in [0.2, 0.25) is 0 Å². The first-order valence-corrected chi connectivity index (χ1v) is 50.5. The van der Waals surface area contributed by atoms with Gasteiger partial charge in [-0.1, -0.05) is 197 Å². The van der Waals surface area contributed by atoms with Gasteiger partial charge in [-0.05, 0) is 468 Å². The number of benzene rings is 22. The number of likely N-dealkylation sites (tertiary alicyclic amines) is 1. The Labute approximate surface area is 775 Å². The van der Waals surface area contributed by atoms with Crippen LogP contribution in [0.4, 0.5) is 0 Å². The molecule has 1 atom stereocenters. The Bertz CT molecular complexity index is 11500. The minimum Gasteiger partial charge on any atom is -0.354 e. The third-order valence-electron chi connectivity index (χ3n) is 40.0. The predicted octanol–water partition coefficient (Wildman–Crippen LogP) is 35.4. The summed E-state index contributed by atoms with van der Waals surface area (Å²) in [5, 5.41) is 88.2. The number of hydrogen-bond donors (Lipinski definition) is 2. The molecular weight excluding hydrogens is 1640 g/mol. The first-order chi connectivity index (χ1) is 65.3. The number of H-pyrrole nitrogens is 2. The maximum atomic E-state index is 6.33. The molecule has 2 N–H and O–H groups in total. The van der Waals surface area contributed by atoms with Crippen LogP contribution in [-0.4, -0.2) is 38.4 Å². The molecule has 4 aliphatic carbocycles. The van der Waals surface area contributed by atoms with Crippen molar-refractivity contribution in [3.63, 3.8) is 0 Å². The van der Waals surface area contributed by atoms with Gasteiger partial charge >= 0.3 is 0 Å². The van der Waals surface area contributed by atoms with E-state index in [0.717, 1.165) is 95.9 Å². The number of likely N-dealkylation sites (N-methyl/N-ethyl adjacent to an activating group) is 1. The third kappa shape index (κ3) is 5.73. The molecule has 3 aromatic heterocycles. The molecule has 0 saturated carbocycles. The van der Waals surface area contributed by atoms with Crippen LogP contribution in [0, 0.1) is 0 Å². The number of hydrogen-bond acceptors (Lipinski definition) is 3. The van der Waals surface area contributed by atoms with E-state index in [4.69, 9.17) is 9.97 Å². The minimum atomic E-state index is -0.571. The molecule has 0 amide bonds. The number of aromatic amines is 2. The fraction of sp³-hybridized carbons (Fsp3) is 0.221. The van der Waals surface area contributed by atoms with E-state index in [1.54, 1.807) is 313 Å². The lowest BCUT2D eigenvalue weighted by Crippen LogP contribution is -2.51. The second-order valence-corrected chi connectivity index (χ2v) is 51.8. The van der Waals surface area contributed by atoms with Crippen molar-refractivity contribution in [1.82, 2.24) is 24.8 Å². The highest BCUT2D eigenvalue weighted by Crippen LogP contribution is 2.87. The summed E-state index contributed by atoms with van der Waals surface area (Å²) in [6, 6.07) is 42.0. The second kappa shape index (κ2) is 18.2. The van der Waals surface area contributed by atoms with E-state index in [1.165, 1.54) is 38.9 Å². The number of nitrogens with zero attached hydrogens (tertiary/aromatic N) is 3. The average molecular weight is 1730 g/mol. The van der Waals surface area contributed by atoms with Gasteiger partial charge in [-0.25, -0.2) is 9.97 Å². The van der Waals surface area contributed by atoms with Crippen LogP contribution in [0.3, 0.4) is 0 Å². The lowest BCUT2D eigenvalue weighted by molar-refractivity contribution is 0.271. The maximum Gasteiger partial charge on any atom is 0.0737 e. The van der Waals surface area contributed by atoms with Crippen molar-refractivity contribution in [3.05, 3.63) is 187 Å². The lowest BCUT2D eigenvalue weighted by Gasteiger charge is -2.52. The van der Waals surface area contributed by atoms with E-state index in [9.17, 15) is 0 Å². The number of aromatic nitrogens is 4. The van der Waals surface area contributed by atoms with Crippen molar-refractivity contribution >= 4 is 337 Å². The van der Waals surface area contributed by atoms with Gasteiger partial charge in [-0.3, -0.25) is 4.90 Å². The summed E-state index contributed by atoms with van der Waals surface area (Å²) in [7, 11) is 2.63. The number of nitrogens with one attached hydrogen (secondary N) is 2. The van der Waals surface area contributed by atoms with Crippen LogP contribution in [0.5, 0.6) is 0 Å². The highest BCUT2D eigenvalue weighted by molar-refractivity contribution is 6.82. The van der Waals surface area contributed by atoms with Gasteiger partial charge in [0.15, 0.2) is 0 Å². The van der Waals surface area contributed by atoms with Crippen LogP contribution in [0.25, 0.3) is 382 Å². The molecule has 5 heteroatoms. The van der Waals surface area contributed by atoms with Crippen LogP contribution < -0.4 is 0 Å². The molecule has 35 aromatic rings. The molecule has 42 rings (SSSR count). The van der Waals surface area contributed by atoms with Crippen molar-refractivity contribution in [3.8, 4) is 44.5 Å². The first kappa shape index (κ1) is 68.0. The molecule has 32 aromatic carbocycles. The highest BCUT2D eigenvalue weighted by Gasteiger charge is 2.76. The maximum absolute atomic E-state index is 6.33. The standard InChI is InChI=1S/C131H83N5/c1-124(2,3)47-32-44(33-48(38-47)125(4,5)6)62-55-25-23-53(132-55)61(54-24-26-56(133-54)63(45-34-49(126(7,8)9)39-50(35-45)127(10,11)12)58-28-30-60(135-58)64(59-29-27-57(62)134-59)46-36-51(128(13,14)15)40-52(37-46)129(16,17)18)42-21-20-22-43(31-42)123-131-121-115-109-99-87-79-71-67-65-66-69-73(71)81(87)91-85-77(69)78-70(66)74-72-68(65)76-75(67)83-89(79)97-103-93(83)94-84(76)90-80(72)88-82(74)92-86(78)96-95(85)107(101(91)109)117(121)118-108(96)102(92)110-100(88)106-98(90)104(94)112-111(103)119(113(115)105(97)99)130(131,41-136(123)19)120(112)114(106)116(110)122(118)131/h20-40,123,132,135H,41H2,1-19H3. The van der Waals surface area contributed by atoms with E-state index < -0.39 is 10.8 Å². The number of fused-ring (bicyclic) bond motifs is 8. The highest BCUT2D eigenvalue weighted by atomic mass is 15.2. The van der Waals surface area contributed by atoms with Gasteiger partial charge in [0, 0.05) is 56.9 Å². The molecule has 2 spiro atoms. The lowest BCUT2D eigenvalue weighted by atomic mass is 9.47. The molecular formula is C131H83N5. The Morgan fingerprint density at radius 3 is 0.647 bits per heavy atom. The molecule has 8 bridgehead atoms. The fourth-order valence-electron chi connectivity index (χ4n) is 35.8.